The fourth-order valence-electron chi connectivity index (χ4n) is 2.66. The van der Waals surface area contributed by atoms with Crippen LogP contribution in [0.25, 0.3) is 0 Å². The smallest absolute Gasteiger partial charge is 0.224 e. The minimum absolute atomic E-state index is 0.232. The Morgan fingerprint density at radius 2 is 2.00 bits per heavy atom. The molecule has 1 amide bonds. The van der Waals surface area contributed by atoms with Crippen LogP contribution in [0.1, 0.15) is 47.0 Å². The van der Waals surface area contributed by atoms with E-state index in [-0.39, 0.29) is 5.91 Å². The summed E-state index contributed by atoms with van der Waals surface area (Å²) in [6, 6.07) is 0.461. The van der Waals surface area contributed by atoms with Gasteiger partial charge >= 0.3 is 0 Å². The van der Waals surface area contributed by atoms with Gasteiger partial charge in [0, 0.05) is 12.6 Å². The molecule has 0 aromatic rings. The summed E-state index contributed by atoms with van der Waals surface area (Å²) in [6.45, 7) is 12.6. The normalized spacial score (nSPS) is 20.4. The molecular weight excluding hydrogens is 238 g/mol. The van der Waals surface area contributed by atoms with Gasteiger partial charge in [-0.3, -0.25) is 4.79 Å². The monoisotopic (exact) mass is 269 g/mol. The molecule has 4 heteroatoms. The van der Waals surface area contributed by atoms with Crippen LogP contribution < -0.4 is 11.1 Å². The first-order valence-corrected chi connectivity index (χ1v) is 7.62. The van der Waals surface area contributed by atoms with Gasteiger partial charge in [0.05, 0.1) is 5.41 Å². The number of nitrogens with zero attached hydrogens (tertiary/aromatic N) is 1. The van der Waals surface area contributed by atoms with Crippen molar-refractivity contribution in [2.75, 3.05) is 26.2 Å². The lowest BCUT2D eigenvalue weighted by atomic mass is 9.88. The number of likely N-dealkylation sites (tertiary alicyclic amines) is 1. The third-order valence-corrected chi connectivity index (χ3v) is 4.41. The van der Waals surface area contributed by atoms with E-state index in [0.29, 0.717) is 12.6 Å². The number of nitrogens with one attached hydrogen (secondary N) is 1. The van der Waals surface area contributed by atoms with E-state index in [1.165, 1.54) is 38.9 Å². The van der Waals surface area contributed by atoms with Gasteiger partial charge in [0.25, 0.3) is 0 Å². The van der Waals surface area contributed by atoms with Crippen LogP contribution in [0, 0.1) is 11.3 Å². The maximum atomic E-state index is 11.3. The van der Waals surface area contributed by atoms with Crippen molar-refractivity contribution in [3.05, 3.63) is 0 Å². The van der Waals surface area contributed by atoms with Gasteiger partial charge in [-0.25, -0.2) is 0 Å². The summed E-state index contributed by atoms with van der Waals surface area (Å²) in [5.74, 6) is 0.488. The molecule has 1 atom stereocenters. The summed E-state index contributed by atoms with van der Waals surface area (Å²) >= 11 is 0. The highest BCUT2D eigenvalue weighted by molar-refractivity contribution is 5.80. The Balaban J connectivity index is 2.31. The van der Waals surface area contributed by atoms with Crippen LogP contribution in [-0.2, 0) is 4.79 Å². The van der Waals surface area contributed by atoms with E-state index in [2.05, 4.69) is 24.1 Å². The summed E-state index contributed by atoms with van der Waals surface area (Å²) in [5, 5.41) is 3.50. The molecule has 112 valence electrons. The highest BCUT2D eigenvalue weighted by Crippen LogP contribution is 2.21. The average molecular weight is 269 g/mol. The van der Waals surface area contributed by atoms with Crippen molar-refractivity contribution in [1.29, 1.82) is 0 Å². The molecule has 0 bridgehead atoms. The van der Waals surface area contributed by atoms with Crippen molar-refractivity contribution in [3.63, 3.8) is 0 Å². The van der Waals surface area contributed by atoms with Gasteiger partial charge in [0.2, 0.25) is 5.91 Å². The van der Waals surface area contributed by atoms with Gasteiger partial charge in [-0.1, -0.05) is 6.92 Å². The number of carbonyl (C=O) groups excluding carboxylic acids is 1. The van der Waals surface area contributed by atoms with Crippen molar-refractivity contribution in [2.45, 2.75) is 53.0 Å². The molecule has 3 N–H and O–H groups in total. The minimum Gasteiger partial charge on any atom is -0.369 e. The summed E-state index contributed by atoms with van der Waals surface area (Å²) in [6.07, 6.45) is 3.75. The molecule has 0 spiro atoms. The zero-order valence-electron chi connectivity index (χ0n) is 13.0. The molecule has 0 radical (unpaired) electrons. The number of hydrogen-bond donors (Lipinski definition) is 2. The first-order valence-electron chi connectivity index (χ1n) is 7.62. The van der Waals surface area contributed by atoms with E-state index in [1.807, 2.05) is 13.8 Å². The van der Waals surface area contributed by atoms with Crippen LogP contribution in [0.5, 0.6) is 0 Å². The minimum atomic E-state index is -0.461. The number of primary amides is 1. The Kier molecular flexibility index (Phi) is 6.27. The Morgan fingerprint density at radius 1 is 1.42 bits per heavy atom. The fraction of sp³-hybridized carbons (Fsp3) is 0.933. The van der Waals surface area contributed by atoms with Crippen LogP contribution in [0.4, 0.5) is 0 Å². The zero-order chi connectivity index (χ0) is 14.5. The van der Waals surface area contributed by atoms with Gasteiger partial charge in [-0.15, -0.1) is 0 Å². The Morgan fingerprint density at radius 3 is 2.47 bits per heavy atom. The number of rotatable bonds is 7. The highest BCUT2D eigenvalue weighted by Gasteiger charge is 2.28. The van der Waals surface area contributed by atoms with Crippen LogP contribution in [0.15, 0.2) is 0 Å². The topological polar surface area (TPSA) is 58.4 Å². The summed E-state index contributed by atoms with van der Waals surface area (Å²) in [7, 11) is 0. The molecule has 1 rings (SSSR count). The standard InChI is InChI=1S/C15H31N3O/c1-5-8-18-9-6-13(7-10-18)12(2)17-11-15(3,4)14(16)19/h12-13,17H,5-11H2,1-4H3,(H2,16,19). The van der Waals surface area contributed by atoms with Crippen LogP contribution in [0.3, 0.4) is 0 Å². The number of carbonyl (C=O) groups is 1. The second kappa shape index (κ2) is 7.25. The van der Waals surface area contributed by atoms with Crippen molar-refractivity contribution in [1.82, 2.24) is 10.2 Å². The van der Waals surface area contributed by atoms with Gasteiger partial charge in [0.1, 0.15) is 0 Å². The van der Waals surface area contributed by atoms with Crippen LogP contribution in [-0.4, -0.2) is 43.0 Å². The van der Waals surface area contributed by atoms with E-state index in [1.54, 1.807) is 0 Å². The third-order valence-electron chi connectivity index (χ3n) is 4.41. The van der Waals surface area contributed by atoms with Crippen molar-refractivity contribution >= 4 is 5.91 Å². The predicted molar refractivity (Wildman–Crippen MR) is 79.9 cm³/mol. The molecule has 1 fully saturated rings. The molecule has 1 saturated heterocycles. The SMILES string of the molecule is CCCN1CCC(C(C)NCC(C)(C)C(N)=O)CC1. The predicted octanol–water partition coefficient (Wildman–Crippen LogP) is 1.60. The first-order chi connectivity index (χ1) is 8.86. The van der Waals surface area contributed by atoms with E-state index in [4.69, 9.17) is 5.73 Å². The molecule has 0 saturated carbocycles. The molecule has 1 unspecified atom stereocenters. The average Bonchev–Trinajstić information content (AvgIpc) is 2.37. The zero-order valence-corrected chi connectivity index (χ0v) is 13.0. The Labute approximate surface area is 118 Å². The second-order valence-electron chi connectivity index (χ2n) is 6.60. The molecule has 19 heavy (non-hydrogen) atoms. The van der Waals surface area contributed by atoms with Gasteiger partial charge < -0.3 is 16.0 Å². The quantitative estimate of drug-likeness (QED) is 0.738. The van der Waals surface area contributed by atoms with Gasteiger partial charge in [-0.2, -0.15) is 0 Å². The summed E-state index contributed by atoms with van der Waals surface area (Å²) in [5.41, 5.74) is 4.94. The van der Waals surface area contributed by atoms with Crippen molar-refractivity contribution in [2.24, 2.45) is 17.1 Å². The first kappa shape index (κ1) is 16.4. The summed E-state index contributed by atoms with van der Waals surface area (Å²) < 4.78 is 0. The van der Waals surface area contributed by atoms with Gasteiger partial charge in [0.15, 0.2) is 0 Å². The number of hydrogen-bond acceptors (Lipinski definition) is 3. The van der Waals surface area contributed by atoms with Crippen LogP contribution in [0.2, 0.25) is 0 Å². The summed E-state index contributed by atoms with van der Waals surface area (Å²) in [4.78, 5) is 13.9. The van der Waals surface area contributed by atoms with E-state index < -0.39 is 5.41 Å². The second-order valence-corrected chi connectivity index (χ2v) is 6.60. The number of piperidine rings is 1. The molecule has 0 aromatic carbocycles. The number of nitrogens with two attached hydrogens (primary N) is 1. The molecule has 0 aromatic heterocycles. The van der Waals surface area contributed by atoms with Gasteiger partial charge in [-0.05, 0) is 65.6 Å². The maximum absolute atomic E-state index is 11.3. The largest absolute Gasteiger partial charge is 0.369 e. The molecular formula is C15H31N3O. The van der Waals surface area contributed by atoms with Crippen LogP contribution >= 0.6 is 0 Å². The molecule has 1 aliphatic heterocycles. The fourth-order valence-corrected chi connectivity index (χ4v) is 2.66. The lowest BCUT2D eigenvalue weighted by Gasteiger charge is -2.36. The molecule has 1 heterocycles. The third kappa shape index (κ3) is 5.11. The lowest BCUT2D eigenvalue weighted by Crippen LogP contribution is -2.47. The molecule has 0 aliphatic carbocycles. The van der Waals surface area contributed by atoms with E-state index in [0.717, 1.165) is 5.92 Å². The molecule has 4 nitrogen and oxygen atoms in total. The molecule has 1 aliphatic rings. The lowest BCUT2D eigenvalue weighted by molar-refractivity contribution is -0.125. The Hall–Kier alpha value is -0.610. The van der Waals surface area contributed by atoms with Crippen molar-refractivity contribution < 1.29 is 4.79 Å². The number of amides is 1. The van der Waals surface area contributed by atoms with Crippen molar-refractivity contribution in [3.8, 4) is 0 Å². The maximum Gasteiger partial charge on any atom is 0.224 e. The Bertz CT molecular complexity index is 283. The highest BCUT2D eigenvalue weighted by atomic mass is 16.1. The van der Waals surface area contributed by atoms with E-state index >= 15 is 0 Å². The van der Waals surface area contributed by atoms with E-state index in [9.17, 15) is 4.79 Å².